The van der Waals surface area contributed by atoms with Crippen LogP contribution in [-0.4, -0.2) is 39.9 Å². The van der Waals surface area contributed by atoms with Gasteiger partial charge < -0.3 is 5.32 Å². The smallest absolute Gasteiger partial charge is 0.0769 e. The zero-order valence-electron chi connectivity index (χ0n) is 12.2. The first-order valence-corrected chi connectivity index (χ1v) is 7.30. The molecular formula is C16H22N4. The van der Waals surface area contributed by atoms with Gasteiger partial charge in [0, 0.05) is 37.9 Å². The van der Waals surface area contributed by atoms with Crippen LogP contribution in [0.25, 0.3) is 5.69 Å². The Kier molecular flexibility index (Phi) is 3.85. The van der Waals surface area contributed by atoms with Gasteiger partial charge in [-0.1, -0.05) is 18.2 Å². The molecule has 2 aromatic rings. The van der Waals surface area contributed by atoms with E-state index >= 15 is 0 Å². The standard InChI is InChI=1S/C16H22N4/c1-13-11-19(14(2)10-17-13)12-15-8-9-20(18-15)16-6-4-3-5-7-16/h3-9,13-14,17H,10-12H2,1-2H3. The molecule has 0 saturated carbocycles. The van der Waals surface area contributed by atoms with Gasteiger partial charge in [-0.15, -0.1) is 0 Å². The minimum absolute atomic E-state index is 0.558. The van der Waals surface area contributed by atoms with Crippen LogP contribution in [0.3, 0.4) is 0 Å². The van der Waals surface area contributed by atoms with E-state index in [1.165, 1.54) is 0 Å². The number of hydrogen-bond acceptors (Lipinski definition) is 3. The van der Waals surface area contributed by atoms with Gasteiger partial charge in [-0.05, 0) is 32.0 Å². The van der Waals surface area contributed by atoms with E-state index in [4.69, 9.17) is 0 Å². The monoisotopic (exact) mass is 270 g/mol. The van der Waals surface area contributed by atoms with Crippen LogP contribution < -0.4 is 5.32 Å². The van der Waals surface area contributed by atoms with Crippen molar-refractivity contribution in [3.8, 4) is 5.69 Å². The summed E-state index contributed by atoms with van der Waals surface area (Å²) in [5.41, 5.74) is 2.25. The number of rotatable bonds is 3. The van der Waals surface area contributed by atoms with Crippen molar-refractivity contribution in [2.45, 2.75) is 32.5 Å². The molecular weight excluding hydrogens is 248 g/mol. The van der Waals surface area contributed by atoms with Crippen molar-refractivity contribution < 1.29 is 0 Å². The van der Waals surface area contributed by atoms with Gasteiger partial charge in [0.15, 0.2) is 0 Å². The lowest BCUT2D eigenvalue weighted by Crippen LogP contribution is -2.53. The molecule has 1 aliphatic heterocycles. The molecule has 2 heterocycles. The highest BCUT2D eigenvalue weighted by Crippen LogP contribution is 2.13. The summed E-state index contributed by atoms with van der Waals surface area (Å²) in [6.07, 6.45) is 2.04. The average Bonchev–Trinajstić information content (AvgIpc) is 2.92. The lowest BCUT2D eigenvalue weighted by atomic mass is 10.1. The molecule has 1 aromatic carbocycles. The van der Waals surface area contributed by atoms with Gasteiger partial charge in [-0.25, -0.2) is 4.68 Å². The Labute approximate surface area is 120 Å². The third-order valence-electron chi connectivity index (χ3n) is 3.92. The van der Waals surface area contributed by atoms with Gasteiger partial charge in [0.25, 0.3) is 0 Å². The van der Waals surface area contributed by atoms with E-state index in [1.54, 1.807) is 0 Å². The lowest BCUT2D eigenvalue weighted by Gasteiger charge is -2.37. The van der Waals surface area contributed by atoms with Crippen molar-refractivity contribution >= 4 is 0 Å². The van der Waals surface area contributed by atoms with E-state index in [0.717, 1.165) is 31.0 Å². The molecule has 1 N–H and O–H groups in total. The molecule has 4 heteroatoms. The second-order valence-electron chi connectivity index (χ2n) is 5.67. The Bertz CT molecular complexity index is 549. The van der Waals surface area contributed by atoms with Crippen molar-refractivity contribution in [1.82, 2.24) is 20.0 Å². The molecule has 0 spiro atoms. The fraction of sp³-hybridized carbons (Fsp3) is 0.438. The van der Waals surface area contributed by atoms with Gasteiger partial charge in [0.1, 0.15) is 0 Å². The number of nitrogens with one attached hydrogen (secondary N) is 1. The zero-order chi connectivity index (χ0) is 13.9. The molecule has 20 heavy (non-hydrogen) atoms. The maximum Gasteiger partial charge on any atom is 0.0769 e. The molecule has 0 radical (unpaired) electrons. The van der Waals surface area contributed by atoms with E-state index in [1.807, 2.05) is 29.1 Å². The third kappa shape index (κ3) is 2.92. The van der Waals surface area contributed by atoms with Crippen molar-refractivity contribution in [3.63, 3.8) is 0 Å². The second kappa shape index (κ2) is 5.77. The fourth-order valence-electron chi connectivity index (χ4n) is 2.70. The SMILES string of the molecule is CC1CN(Cc2ccn(-c3ccccc3)n2)C(C)CN1. The number of para-hydroxylation sites is 1. The fourth-order valence-corrected chi connectivity index (χ4v) is 2.70. The maximum absolute atomic E-state index is 4.69. The van der Waals surface area contributed by atoms with Crippen LogP contribution in [0.15, 0.2) is 42.6 Å². The highest BCUT2D eigenvalue weighted by atomic mass is 15.3. The summed E-state index contributed by atoms with van der Waals surface area (Å²) in [6, 6.07) is 13.5. The molecule has 2 unspecified atom stereocenters. The predicted octanol–water partition coefficient (Wildman–Crippen LogP) is 2.05. The Morgan fingerprint density at radius 1 is 1.20 bits per heavy atom. The first-order chi connectivity index (χ1) is 9.72. The Hall–Kier alpha value is -1.65. The van der Waals surface area contributed by atoms with Gasteiger partial charge in [-0.2, -0.15) is 5.10 Å². The summed E-state index contributed by atoms with van der Waals surface area (Å²) >= 11 is 0. The van der Waals surface area contributed by atoms with E-state index in [-0.39, 0.29) is 0 Å². The Morgan fingerprint density at radius 2 is 2.00 bits per heavy atom. The normalized spacial score (nSPS) is 23.9. The van der Waals surface area contributed by atoms with Gasteiger partial charge >= 0.3 is 0 Å². The average molecular weight is 270 g/mol. The van der Waals surface area contributed by atoms with E-state index < -0.39 is 0 Å². The highest BCUT2D eigenvalue weighted by Gasteiger charge is 2.22. The number of aromatic nitrogens is 2. The van der Waals surface area contributed by atoms with Crippen molar-refractivity contribution in [3.05, 3.63) is 48.3 Å². The number of benzene rings is 1. The summed E-state index contributed by atoms with van der Waals surface area (Å²) in [5, 5.41) is 8.20. The molecule has 1 saturated heterocycles. The summed E-state index contributed by atoms with van der Waals surface area (Å²) in [5.74, 6) is 0. The van der Waals surface area contributed by atoms with E-state index in [0.29, 0.717) is 12.1 Å². The largest absolute Gasteiger partial charge is 0.311 e. The molecule has 1 fully saturated rings. The predicted molar refractivity (Wildman–Crippen MR) is 80.9 cm³/mol. The van der Waals surface area contributed by atoms with Crippen LogP contribution in [0.5, 0.6) is 0 Å². The van der Waals surface area contributed by atoms with Gasteiger partial charge in [0.05, 0.1) is 11.4 Å². The van der Waals surface area contributed by atoms with Crippen LogP contribution in [0, 0.1) is 0 Å². The topological polar surface area (TPSA) is 33.1 Å². The van der Waals surface area contributed by atoms with Gasteiger partial charge in [0.2, 0.25) is 0 Å². The maximum atomic E-state index is 4.69. The van der Waals surface area contributed by atoms with Crippen molar-refractivity contribution in [2.75, 3.05) is 13.1 Å². The van der Waals surface area contributed by atoms with E-state index in [9.17, 15) is 0 Å². The second-order valence-corrected chi connectivity index (χ2v) is 5.67. The molecule has 2 atom stereocenters. The molecule has 0 bridgehead atoms. The van der Waals surface area contributed by atoms with Crippen LogP contribution in [0.4, 0.5) is 0 Å². The van der Waals surface area contributed by atoms with Crippen molar-refractivity contribution in [1.29, 1.82) is 0 Å². The Morgan fingerprint density at radius 3 is 2.80 bits per heavy atom. The van der Waals surface area contributed by atoms with Gasteiger partial charge in [-0.3, -0.25) is 4.90 Å². The highest BCUT2D eigenvalue weighted by molar-refractivity contribution is 5.30. The number of piperazine rings is 1. The number of hydrogen-bond donors (Lipinski definition) is 1. The molecule has 0 aliphatic carbocycles. The summed E-state index contributed by atoms with van der Waals surface area (Å²) in [6.45, 7) is 7.57. The molecule has 1 aromatic heterocycles. The minimum Gasteiger partial charge on any atom is -0.311 e. The Balaban J connectivity index is 1.71. The van der Waals surface area contributed by atoms with Crippen LogP contribution in [0.2, 0.25) is 0 Å². The van der Waals surface area contributed by atoms with Crippen molar-refractivity contribution in [2.24, 2.45) is 0 Å². The molecule has 0 amide bonds. The summed E-state index contributed by atoms with van der Waals surface area (Å²) in [4.78, 5) is 2.50. The van der Waals surface area contributed by atoms with Crippen LogP contribution in [0.1, 0.15) is 19.5 Å². The molecule has 3 rings (SSSR count). The quantitative estimate of drug-likeness (QED) is 0.926. The lowest BCUT2D eigenvalue weighted by molar-refractivity contribution is 0.137. The summed E-state index contributed by atoms with van der Waals surface area (Å²) in [7, 11) is 0. The van der Waals surface area contributed by atoms with Crippen LogP contribution >= 0.6 is 0 Å². The first kappa shape index (κ1) is 13.3. The van der Waals surface area contributed by atoms with E-state index in [2.05, 4.69) is 47.4 Å². The zero-order valence-corrected chi connectivity index (χ0v) is 12.2. The molecule has 1 aliphatic rings. The summed E-state index contributed by atoms with van der Waals surface area (Å²) < 4.78 is 1.95. The molecule has 4 nitrogen and oxygen atoms in total. The minimum atomic E-state index is 0.558. The molecule has 106 valence electrons. The van der Waals surface area contributed by atoms with Crippen LogP contribution in [-0.2, 0) is 6.54 Å². The number of nitrogens with zero attached hydrogens (tertiary/aromatic N) is 3. The third-order valence-corrected chi connectivity index (χ3v) is 3.92. The first-order valence-electron chi connectivity index (χ1n) is 7.30.